The summed E-state index contributed by atoms with van der Waals surface area (Å²) in [6, 6.07) is 10.5. The van der Waals surface area contributed by atoms with Crippen LogP contribution in [0.1, 0.15) is 24.2 Å². The van der Waals surface area contributed by atoms with Gasteiger partial charge in [0, 0.05) is 49.6 Å². The maximum absolute atomic E-state index is 13.2. The molecule has 5 rings (SSSR count). The molecule has 0 N–H and O–H groups in total. The fraction of sp³-hybridized carbons (Fsp3) is 0.409. The van der Waals surface area contributed by atoms with Crippen molar-refractivity contribution in [3.8, 4) is 5.69 Å². The largest absolute Gasteiger partial charge is 0.339 e. The Balaban J connectivity index is 1.42. The zero-order valence-electron chi connectivity index (χ0n) is 16.4. The number of likely N-dealkylation sites (N-methyl/N-ethyl adjacent to an activating group) is 1. The number of aryl methyl sites for hydroxylation is 1. The quantitative estimate of drug-likeness (QED) is 0.706. The Bertz CT molecular complexity index is 1030. The second-order valence-corrected chi connectivity index (χ2v) is 8.11. The lowest BCUT2D eigenvalue weighted by molar-refractivity contribution is -0.135. The van der Waals surface area contributed by atoms with Crippen molar-refractivity contribution in [3.63, 3.8) is 0 Å². The van der Waals surface area contributed by atoms with Gasteiger partial charge in [0.15, 0.2) is 0 Å². The van der Waals surface area contributed by atoms with E-state index in [1.165, 1.54) is 0 Å². The topological polar surface area (TPSA) is 54.3 Å². The minimum atomic E-state index is -0.300. The van der Waals surface area contributed by atoms with Gasteiger partial charge in [-0.2, -0.15) is 0 Å². The molecule has 0 unspecified atom stereocenters. The van der Waals surface area contributed by atoms with Crippen molar-refractivity contribution in [2.45, 2.75) is 25.2 Å². The highest BCUT2D eigenvalue weighted by molar-refractivity contribution is 5.91. The molecule has 1 aliphatic heterocycles. The summed E-state index contributed by atoms with van der Waals surface area (Å²) >= 11 is 0. The van der Waals surface area contributed by atoms with Crippen LogP contribution in [0.25, 0.3) is 16.7 Å². The fourth-order valence-electron chi connectivity index (χ4n) is 4.22. The molecule has 0 spiro atoms. The molecule has 0 atom stereocenters. The molecule has 3 heterocycles. The third kappa shape index (κ3) is 2.79. The standard InChI is InChI=1S/C22H25N5O/c1-16-23-15-17-7-10-27(20(17)24-16)19-5-3-18(4-6-19)22(8-9-22)21(28)26-13-11-25(2)12-14-26/h3-7,10,15H,8-9,11-14H2,1-2H3. The molecular weight excluding hydrogens is 350 g/mol. The number of benzene rings is 1. The van der Waals surface area contributed by atoms with Crippen molar-refractivity contribution < 1.29 is 4.79 Å². The number of hydrogen-bond acceptors (Lipinski definition) is 4. The van der Waals surface area contributed by atoms with Gasteiger partial charge < -0.3 is 14.4 Å². The molecule has 1 saturated heterocycles. The molecule has 2 fully saturated rings. The third-order valence-electron chi connectivity index (χ3n) is 6.20. The van der Waals surface area contributed by atoms with Crippen LogP contribution in [-0.4, -0.2) is 63.5 Å². The first-order valence-electron chi connectivity index (χ1n) is 9.96. The van der Waals surface area contributed by atoms with E-state index in [-0.39, 0.29) is 5.41 Å². The van der Waals surface area contributed by atoms with Crippen LogP contribution in [-0.2, 0) is 10.2 Å². The number of carbonyl (C=O) groups is 1. The van der Waals surface area contributed by atoms with Gasteiger partial charge in [-0.15, -0.1) is 0 Å². The number of fused-ring (bicyclic) bond motifs is 1. The van der Waals surface area contributed by atoms with Crippen LogP contribution in [0.3, 0.4) is 0 Å². The number of amides is 1. The lowest BCUT2D eigenvalue weighted by Gasteiger charge is -2.35. The van der Waals surface area contributed by atoms with Gasteiger partial charge in [-0.05, 0) is 50.6 Å². The van der Waals surface area contributed by atoms with Gasteiger partial charge in [0.1, 0.15) is 11.5 Å². The summed E-state index contributed by atoms with van der Waals surface area (Å²) in [5.41, 5.74) is 2.81. The molecule has 0 bridgehead atoms. The average Bonchev–Trinajstić information content (AvgIpc) is 3.42. The number of hydrogen-bond donors (Lipinski definition) is 0. The molecule has 6 heteroatoms. The first-order valence-corrected chi connectivity index (χ1v) is 9.96. The zero-order valence-corrected chi connectivity index (χ0v) is 16.4. The molecule has 0 radical (unpaired) electrons. The van der Waals surface area contributed by atoms with E-state index in [9.17, 15) is 4.79 Å². The van der Waals surface area contributed by atoms with Gasteiger partial charge in [-0.25, -0.2) is 9.97 Å². The smallest absolute Gasteiger partial charge is 0.233 e. The second-order valence-electron chi connectivity index (χ2n) is 8.11. The van der Waals surface area contributed by atoms with Gasteiger partial charge in [0.25, 0.3) is 0 Å². The van der Waals surface area contributed by atoms with Crippen LogP contribution in [0.4, 0.5) is 0 Å². The Hall–Kier alpha value is -2.73. The zero-order chi connectivity index (χ0) is 19.3. The Kier molecular flexibility index (Phi) is 3.98. The van der Waals surface area contributed by atoms with Crippen molar-refractivity contribution in [1.29, 1.82) is 0 Å². The predicted octanol–water partition coefficient (Wildman–Crippen LogP) is 2.53. The lowest BCUT2D eigenvalue weighted by atomic mass is 9.93. The molecule has 144 valence electrons. The summed E-state index contributed by atoms with van der Waals surface area (Å²) in [4.78, 5) is 26.4. The van der Waals surface area contributed by atoms with Crippen LogP contribution in [0.5, 0.6) is 0 Å². The minimum Gasteiger partial charge on any atom is -0.339 e. The SMILES string of the molecule is Cc1ncc2ccn(-c3ccc(C4(C(=O)N5CCN(C)CC5)CC4)cc3)c2n1. The first kappa shape index (κ1) is 17.4. The molecule has 1 saturated carbocycles. The van der Waals surface area contributed by atoms with E-state index < -0.39 is 0 Å². The molecule has 28 heavy (non-hydrogen) atoms. The van der Waals surface area contributed by atoms with Gasteiger partial charge in [-0.1, -0.05) is 12.1 Å². The van der Waals surface area contributed by atoms with E-state index in [4.69, 9.17) is 0 Å². The number of piperazine rings is 1. The van der Waals surface area contributed by atoms with Gasteiger partial charge in [0.2, 0.25) is 5.91 Å². The normalized spacial score (nSPS) is 19.1. The van der Waals surface area contributed by atoms with Crippen LogP contribution >= 0.6 is 0 Å². The molecule has 2 aliphatic rings. The van der Waals surface area contributed by atoms with Crippen LogP contribution in [0, 0.1) is 6.92 Å². The predicted molar refractivity (Wildman–Crippen MR) is 109 cm³/mol. The highest BCUT2D eigenvalue weighted by Crippen LogP contribution is 2.49. The van der Waals surface area contributed by atoms with Gasteiger partial charge >= 0.3 is 0 Å². The van der Waals surface area contributed by atoms with Crippen LogP contribution < -0.4 is 0 Å². The monoisotopic (exact) mass is 375 g/mol. The minimum absolute atomic E-state index is 0.300. The third-order valence-corrected chi connectivity index (χ3v) is 6.20. The highest BCUT2D eigenvalue weighted by atomic mass is 16.2. The van der Waals surface area contributed by atoms with Crippen molar-refractivity contribution in [1.82, 2.24) is 24.3 Å². The number of aromatic nitrogens is 3. The Morgan fingerprint density at radius 2 is 1.75 bits per heavy atom. The molecule has 6 nitrogen and oxygen atoms in total. The lowest BCUT2D eigenvalue weighted by Crippen LogP contribution is -2.50. The van der Waals surface area contributed by atoms with Crippen molar-refractivity contribution in [3.05, 3.63) is 54.1 Å². The van der Waals surface area contributed by atoms with E-state index in [1.54, 1.807) is 0 Å². The summed E-state index contributed by atoms with van der Waals surface area (Å²) in [6.07, 6.45) is 5.79. The van der Waals surface area contributed by atoms with E-state index >= 15 is 0 Å². The molecule has 1 amide bonds. The Morgan fingerprint density at radius 3 is 2.43 bits per heavy atom. The second kappa shape index (κ2) is 6.41. The Morgan fingerprint density at radius 1 is 1.04 bits per heavy atom. The van der Waals surface area contributed by atoms with Crippen molar-refractivity contribution in [2.24, 2.45) is 0 Å². The number of carbonyl (C=O) groups excluding carboxylic acids is 1. The number of nitrogens with zero attached hydrogens (tertiary/aromatic N) is 5. The van der Waals surface area contributed by atoms with Crippen LogP contribution in [0.2, 0.25) is 0 Å². The van der Waals surface area contributed by atoms with Crippen LogP contribution in [0.15, 0.2) is 42.7 Å². The number of rotatable bonds is 3. The van der Waals surface area contributed by atoms with E-state index in [2.05, 4.69) is 55.6 Å². The maximum Gasteiger partial charge on any atom is 0.233 e. The molecule has 1 aliphatic carbocycles. The summed E-state index contributed by atoms with van der Waals surface area (Å²) in [6.45, 7) is 5.50. The Labute approximate surface area is 164 Å². The summed E-state index contributed by atoms with van der Waals surface area (Å²) < 4.78 is 2.08. The summed E-state index contributed by atoms with van der Waals surface area (Å²) in [5, 5.41) is 1.03. The first-order chi connectivity index (χ1) is 13.6. The maximum atomic E-state index is 13.2. The highest BCUT2D eigenvalue weighted by Gasteiger charge is 2.53. The molecule has 1 aromatic carbocycles. The van der Waals surface area contributed by atoms with E-state index in [1.807, 2.05) is 25.4 Å². The summed E-state index contributed by atoms with van der Waals surface area (Å²) in [7, 11) is 2.12. The van der Waals surface area contributed by atoms with Crippen molar-refractivity contribution in [2.75, 3.05) is 33.2 Å². The fourth-order valence-corrected chi connectivity index (χ4v) is 4.22. The average molecular weight is 375 g/mol. The van der Waals surface area contributed by atoms with E-state index in [0.717, 1.165) is 67.1 Å². The van der Waals surface area contributed by atoms with E-state index in [0.29, 0.717) is 5.91 Å². The molecule has 3 aromatic rings. The molecular formula is C22H25N5O. The van der Waals surface area contributed by atoms with Gasteiger partial charge in [-0.3, -0.25) is 4.79 Å². The van der Waals surface area contributed by atoms with Gasteiger partial charge in [0.05, 0.1) is 5.41 Å². The van der Waals surface area contributed by atoms with Crippen molar-refractivity contribution >= 4 is 16.9 Å². The molecule has 2 aromatic heterocycles. The summed E-state index contributed by atoms with van der Waals surface area (Å²) in [5.74, 6) is 1.07.